The first-order valence-corrected chi connectivity index (χ1v) is 9.60. The smallest absolute Gasteiger partial charge is 0.312 e. The van der Waals surface area contributed by atoms with Gasteiger partial charge < -0.3 is 24.6 Å². The Morgan fingerprint density at radius 1 is 1.33 bits per heavy atom. The van der Waals surface area contributed by atoms with Crippen LogP contribution in [0.25, 0.3) is 11.6 Å². The van der Waals surface area contributed by atoms with Gasteiger partial charge in [-0.15, -0.1) is 0 Å². The zero-order valence-corrected chi connectivity index (χ0v) is 16.5. The number of rotatable bonds is 6. The number of aliphatic hydroxyl groups excluding tert-OH is 2. The number of aliphatic hydroxyl groups is 2. The minimum Gasteiger partial charge on any atom is -0.497 e. The number of hydrogen-bond acceptors (Lipinski definition) is 6. The monoisotopic (exact) mass is 377 g/mol. The molecule has 27 heavy (non-hydrogen) atoms. The highest BCUT2D eigenvalue weighted by Crippen LogP contribution is 2.37. The summed E-state index contributed by atoms with van der Waals surface area (Å²) in [4.78, 5) is 14.2. The van der Waals surface area contributed by atoms with Crippen molar-refractivity contribution in [3.63, 3.8) is 0 Å². The van der Waals surface area contributed by atoms with Crippen molar-refractivity contribution < 1.29 is 24.5 Å². The predicted octanol–water partition coefficient (Wildman–Crippen LogP) is 2.18. The van der Waals surface area contributed by atoms with Crippen molar-refractivity contribution in [2.45, 2.75) is 32.8 Å². The van der Waals surface area contributed by atoms with E-state index in [1.807, 2.05) is 6.07 Å². The van der Waals surface area contributed by atoms with E-state index in [2.05, 4.69) is 23.1 Å². The first-order valence-electron chi connectivity index (χ1n) is 9.60. The van der Waals surface area contributed by atoms with Gasteiger partial charge >= 0.3 is 5.97 Å². The van der Waals surface area contributed by atoms with Gasteiger partial charge in [0.15, 0.2) is 0 Å². The maximum Gasteiger partial charge on any atom is 0.312 e. The van der Waals surface area contributed by atoms with Crippen LogP contribution in [0, 0.1) is 5.92 Å². The molecule has 1 aliphatic carbocycles. The number of carbonyl (C=O) groups excluding carboxylic acids is 1. The molecule has 0 amide bonds. The number of nitrogens with zero attached hydrogens (tertiary/aromatic N) is 1. The van der Waals surface area contributed by atoms with E-state index in [1.165, 1.54) is 16.7 Å². The molecule has 1 saturated heterocycles. The van der Waals surface area contributed by atoms with Crippen molar-refractivity contribution in [2.75, 3.05) is 40.0 Å². The number of fused-ring (bicyclic) bond motifs is 1. The summed E-state index contributed by atoms with van der Waals surface area (Å²) >= 11 is 0. The van der Waals surface area contributed by atoms with Gasteiger partial charge in [0, 0.05) is 26.2 Å². The zero-order chi connectivity index (χ0) is 19.8. The fourth-order valence-corrected chi connectivity index (χ4v) is 3.43. The number of methoxy groups -OCH3 is 1. The fraction of sp³-hybridized carbons (Fsp3) is 0.571. The Kier molecular flexibility index (Phi) is 8.28. The molecule has 1 heterocycles. The van der Waals surface area contributed by atoms with Gasteiger partial charge in [-0.1, -0.05) is 12.1 Å². The molecular formula is C21H31NO5. The number of benzene rings is 1. The Morgan fingerprint density at radius 2 is 2.07 bits per heavy atom. The second-order valence-electron chi connectivity index (χ2n) is 6.70. The van der Waals surface area contributed by atoms with Crippen LogP contribution in [0.4, 0.5) is 0 Å². The molecule has 150 valence electrons. The van der Waals surface area contributed by atoms with Crippen molar-refractivity contribution in [1.82, 2.24) is 4.90 Å². The van der Waals surface area contributed by atoms with Crippen molar-refractivity contribution >= 4 is 17.6 Å². The first kappa shape index (κ1) is 21.4. The molecule has 6 nitrogen and oxygen atoms in total. The van der Waals surface area contributed by atoms with Crippen LogP contribution in [0.15, 0.2) is 18.2 Å². The summed E-state index contributed by atoms with van der Waals surface area (Å²) in [5.41, 5.74) is 3.83. The van der Waals surface area contributed by atoms with Crippen LogP contribution in [0.2, 0.25) is 0 Å². The summed E-state index contributed by atoms with van der Waals surface area (Å²) in [6.45, 7) is 6.34. The molecule has 1 aliphatic heterocycles. The number of hydrogen-bond donors (Lipinski definition) is 2. The van der Waals surface area contributed by atoms with E-state index in [4.69, 9.17) is 14.6 Å². The molecular weight excluding hydrogens is 346 g/mol. The molecule has 1 fully saturated rings. The first-order chi connectivity index (χ1) is 13.0. The molecule has 3 rings (SSSR count). The van der Waals surface area contributed by atoms with Crippen LogP contribution in [-0.4, -0.2) is 67.1 Å². The highest BCUT2D eigenvalue weighted by Gasteiger charge is 2.34. The highest BCUT2D eigenvalue weighted by atomic mass is 16.5. The lowest BCUT2D eigenvalue weighted by atomic mass is 9.86. The number of piperidine rings is 1. The molecule has 1 aromatic carbocycles. The van der Waals surface area contributed by atoms with Gasteiger partial charge in [-0.25, -0.2) is 0 Å². The van der Waals surface area contributed by atoms with E-state index in [0.717, 1.165) is 25.3 Å². The summed E-state index contributed by atoms with van der Waals surface area (Å²) in [5, 5.41) is 17.6. The Morgan fingerprint density at radius 3 is 2.74 bits per heavy atom. The Hall–Kier alpha value is -1.89. The lowest BCUT2D eigenvalue weighted by Gasteiger charge is -2.35. The molecule has 2 atom stereocenters. The molecule has 2 aliphatic rings. The minimum absolute atomic E-state index is 0.250. The quantitative estimate of drug-likeness (QED) is 0.740. The van der Waals surface area contributed by atoms with Crippen molar-refractivity contribution in [2.24, 2.45) is 5.92 Å². The van der Waals surface area contributed by atoms with Crippen LogP contribution >= 0.6 is 0 Å². The van der Waals surface area contributed by atoms with E-state index in [9.17, 15) is 9.90 Å². The number of likely N-dealkylation sites (tertiary alicyclic amines) is 1. The lowest BCUT2D eigenvalue weighted by molar-refractivity contribution is -0.155. The van der Waals surface area contributed by atoms with Gasteiger partial charge in [0.05, 0.1) is 25.7 Å². The Bertz CT molecular complexity index is 658. The van der Waals surface area contributed by atoms with Gasteiger partial charge in [-0.3, -0.25) is 4.79 Å². The standard InChI is InChI=1S/C19H25NO4.C2H6O/c1-3-24-19(22)17-12-20(9-7-18(17)21)8-6-14-10-13-4-5-15(23-2)11-16(13)14;1-2-3/h4-5,10-11,17-18,21H,3,6-9,12H2,1-2H3;3H,2H2,1H3/t17-,18-;/m1./s1. The van der Waals surface area contributed by atoms with Gasteiger partial charge in [0.25, 0.3) is 0 Å². The van der Waals surface area contributed by atoms with Crippen LogP contribution in [0.5, 0.6) is 5.75 Å². The maximum atomic E-state index is 12.0. The summed E-state index contributed by atoms with van der Waals surface area (Å²) in [6, 6.07) is 6.12. The van der Waals surface area contributed by atoms with Crippen molar-refractivity contribution in [3.05, 3.63) is 29.3 Å². The van der Waals surface area contributed by atoms with E-state index >= 15 is 0 Å². The van der Waals surface area contributed by atoms with Crippen LogP contribution in [0.3, 0.4) is 0 Å². The summed E-state index contributed by atoms with van der Waals surface area (Å²) < 4.78 is 10.4. The normalized spacial score (nSPS) is 21.1. The SMILES string of the molecule is CCO.CCOC(=O)[C@@H]1CN(CCC2=Cc3ccc(OC)cc32)CC[C@H]1O. The van der Waals surface area contributed by atoms with Crippen LogP contribution in [-0.2, 0) is 9.53 Å². The minimum atomic E-state index is -0.590. The summed E-state index contributed by atoms with van der Waals surface area (Å²) in [6.07, 6.45) is 3.17. The van der Waals surface area contributed by atoms with E-state index in [0.29, 0.717) is 19.6 Å². The zero-order valence-electron chi connectivity index (χ0n) is 16.5. The average molecular weight is 377 g/mol. The third kappa shape index (κ3) is 5.54. The molecule has 1 aromatic rings. The Balaban J connectivity index is 0.000000817. The summed E-state index contributed by atoms with van der Waals surface area (Å²) in [5.74, 6) is 0.164. The highest BCUT2D eigenvalue weighted by molar-refractivity contribution is 5.96. The van der Waals surface area contributed by atoms with Gasteiger partial charge in [0.1, 0.15) is 5.75 Å². The van der Waals surface area contributed by atoms with E-state index in [1.54, 1.807) is 21.0 Å². The fourth-order valence-electron chi connectivity index (χ4n) is 3.43. The third-order valence-electron chi connectivity index (χ3n) is 4.88. The second kappa shape index (κ2) is 10.4. The van der Waals surface area contributed by atoms with Crippen LogP contribution in [0.1, 0.15) is 37.8 Å². The molecule has 0 radical (unpaired) electrons. The molecule has 0 aromatic heterocycles. The van der Waals surface area contributed by atoms with E-state index < -0.39 is 12.0 Å². The number of carbonyl (C=O) groups is 1. The largest absolute Gasteiger partial charge is 0.497 e. The maximum absolute atomic E-state index is 12.0. The summed E-state index contributed by atoms with van der Waals surface area (Å²) in [7, 11) is 1.68. The predicted molar refractivity (Wildman–Crippen MR) is 105 cm³/mol. The van der Waals surface area contributed by atoms with Gasteiger partial charge in [-0.2, -0.15) is 0 Å². The molecule has 0 bridgehead atoms. The second-order valence-corrected chi connectivity index (χ2v) is 6.70. The van der Waals surface area contributed by atoms with Crippen LogP contribution < -0.4 is 4.74 Å². The molecule has 6 heteroatoms. The van der Waals surface area contributed by atoms with Crippen molar-refractivity contribution in [3.8, 4) is 5.75 Å². The molecule has 0 saturated carbocycles. The Labute approximate surface area is 161 Å². The third-order valence-corrected chi connectivity index (χ3v) is 4.88. The van der Waals surface area contributed by atoms with E-state index in [-0.39, 0.29) is 12.6 Å². The number of ether oxygens (including phenoxy) is 2. The van der Waals surface area contributed by atoms with Gasteiger partial charge in [0.2, 0.25) is 0 Å². The molecule has 0 spiro atoms. The molecule has 2 N–H and O–H groups in total. The average Bonchev–Trinajstić information content (AvgIpc) is 2.64. The lowest BCUT2D eigenvalue weighted by Crippen LogP contribution is -2.47. The van der Waals surface area contributed by atoms with Gasteiger partial charge in [-0.05, 0) is 55.5 Å². The number of esters is 1. The topological polar surface area (TPSA) is 79.2 Å². The van der Waals surface area contributed by atoms with Crippen molar-refractivity contribution in [1.29, 1.82) is 0 Å². The molecule has 0 unspecified atom stereocenters.